The molecule has 1 aliphatic rings. The number of hydrogen-bond acceptors (Lipinski definition) is 4. The van der Waals surface area contributed by atoms with E-state index in [4.69, 9.17) is 4.74 Å². The van der Waals surface area contributed by atoms with Crippen LogP contribution in [-0.4, -0.2) is 30.7 Å². The highest BCUT2D eigenvalue weighted by molar-refractivity contribution is 7.09. The molecule has 3 rings (SSSR count). The number of para-hydroxylation sites is 1. The number of thiazole rings is 1. The number of urea groups is 1. The Morgan fingerprint density at radius 3 is 3.09 bits per heavy atom. The molecule has 2 N–H and O–H groups in total. The monoisotopic (exact) mass is 331 g/mol. The number of nitrogens with zero attached hydrogens (tertiary/aromatic N) is 1. The summed E-state index contributed by atoms with van der Waals surface area (Å²) in [4.78, 5) is 16.2. The SMILES string of the molecule is Cc1csc(CCNC(=O)NCC2COc3ccccc3C2)n1. The lowest BCUT2D eigenvalue weighted by atomic mass is 9.97. The second-order valence-corrected chi connectivity index (χ2v) is 6.70. The first-order valence-corrected chi connectivity index (χ1v) is 8.72. The van der Waals surface area contributed by atoms with Crippen molar-refractivity contribution in [3.8, 4) is 5.75 Å². The van der Waals surface area contributed by atoms with Gasteiger partial charge in [0.2, 0.25) is 0 Å². The van der Waals surface area contributed by atoms with Crippen molar-refractivity contribution in [1.82, 2.24) is 15.6 Å². The third kappa shape index (κ3) is 4.45. The molecule has 0 spiro atoms. The zero-order valence-electron chi connectivity index (χ0n) is 13.2. The van der Waals surface area contributed by atoms with Gasteiger partial charge in [0.05, 0.1) is 11.6 Å². The maximum absolute atomic E-state index is 11.8. The minimum Gasteiger partial charge on any atom is -0.493 e. The maximum atomic E-state index is 11.8. The Hall–Kier alpha value is -2.08. The zero-order chi connectivity index (χ0) is 16.1. The van der Waals surface area contributed by atoms with Crippen molar-refractivity contribution in [1.29, 1.82) is 0 Å². The Bertz CT molecular complexity index is 671. The molecule has 2 heterocycles. The van der Waals surface area contributed by atoms with Gasteiger partial charge in [0.25, 0.3) is 0 Å². The van der Waals surface area contributed by atoms with Gasteiger partial charge in [-0.2, -0.15) is 0 Å². The fourth-order valence-corrected chi connectivity index (χ4v) is 3.40. The number of aryl methyl sites for hydroxylation is 1. The Kier molecular flexibility index (Phi) is 5.12. The summed E-state index contributed by atoms with van der Waals surface area (Å²) >= 11 is 1.63. The molecule has 0 bridgehead atoms. The largest absolute Gasteiger partial charge is 0.493 e. The molecule has 2 amide bonds. The number of benzene rings is 1. The quantitative estimate of drug-likeness (QED) is 0.885. The van der Waals surface area contributed by atoms with E-state index in [1.165, 1.54) is 5.56 Å². The van der Waals surface area contributed by atoms with E-state index >= 15 is 0 Å². The van der Waals surface area contributed by atoms with Crippen LogP contribution in [-0.2, 0) is 12.8 Å². The maximum Gasteiger partial charge on any atom is 0.314 e. The highest BCUT2D eigenvalue weighted by Gasteiger charge is 2.19. The molecule has 6 heteroatoms. The standard InChI is InChI=1S/C17H21N3O2S/c1-12-11-23-16(20-12)6-7-18-17(21)19-9-13-8-14-4-2-3-5-15(14)22-10-13/h2-5,11,13H,6-10H2,1H3,(H2,18,19,21). The molecule has 122 valence electrons. The molecule has 0 saturated heterocycles. The Morgan fingerprint density at radius 2 is 2.26 bits per heavy atom. The van der Waals surface area contributed by atoms with E-state index in [2.05, 4.69) is 21.7 Å². The lowest BCUT2D eigenvalue weighted by Crippen LogP contribution is -2.41. The molecule has 1 atom stereocenters. The summed E-state index contributed by atoms with van der Waals surface area (Å²) in [5.74, 6) is 1.28. The number of amides is 2. The van der Waals surface area contributed by atoms with Crippen LogP contribution >= 0.6 is 11.3 Å². The number of hydrogen-bond donors (Lipinski definition) is 2. The summed E-state index contributed by atoms with van der Waals surface area (Å²) in [5.41, 5.74) is 2.25. The molecule has 2 aromatic rings. The Labute approximate surface area is 140 Å². The molecular weight excluding hydrogens is 310 g/mol. The Balaban J connectivity index is 1.36. The smallest absolute Gasteiger partial charge is 0.314 e. The third-order valence-electron chi connectivity index (χ3n) is 3.80. The van der Waals surface area contributed by atoms with E-state index in [9.17, 15) is 4.79 Å². The highest BCUT2D eigenvalue weighted by Crippen LogP contribution is 2.26. The lowest BCUT2D eigenvalue weighted by molar-refractivity contribution is 0.211. The number of carbonyl (C=O) groups is 1. The van der Waals surface area contributed by atoms with Crippen LogP contribution in [0.15, 0.2) is 29.6 Å². The first-order chi connectivity index (χ1) is 11.2. The molecule has 0 saturated carbocycles. The van der Waals surface area contributed by atoms with E-state index in [0.29, 0.717) is 25.6 Å². The number of fused-ring (bicyclic) bond motifs is 1. The number of rotatable bonds is 5. The van der Waals surface area contributed by atoms with Crippen LogP contribution in [0.5, 0.6) is 5.75 Å². The van der Waals surface area contributed by atoms with Crippen molar-refractivity contribution in [3.05, 3.63) is 45.9 Å². The lowest BCUT2D eigenvalue weighted by Gasteiger charge is -2.25. The van der Waals surface area contributed by atoms with E-state index in [1.54, 1.807) is 11.3 Å². The Morgan fingerprint density at radius 1 is 1.39 bits per heavy atom. The summed E-state index contributed by atoms with van der Waals surface area (Å²) in [7, 11) is 0. The van der Waals surface area contributed by atoms with E-state index in [-0.39, 0.29) is 6.03 Å². The second-order valence-electron chi connectivity index (χ2n) is 5.76. The van der Waals surface area contributed by atoms with Gasteiger partial charge in [-0.1, -0.05) is 18.2 Å². The molecule has 1 aromatic heterocycles. The average molecular weight is 331 g/mol. The van der Waals surface area contributed by atoms with E-state index < -0.39 is 0 Å². The van der Waals surface area contributed by atoms with Crippen molar-refractivity contribution in [2.24, 2.45) is 5.92 Å². The van der Waals surface area contributed by atoms with Gasteiger partial charge in [-0.05, 0) is 25.0 Å². The van der Waals surface area contributed by atoms with Crippen LogP contribution in [0.25, 0.3) is 0 Å². The van der Waals surface area contributed by atoms with Crippen LogP contribution < -0.4 is 15.4 Å². The first kappa shape index (κ1) is 15.8. The third-order valence-corrected chi connectivity index (χ3v) is 4.82. The predicted octanol–water partition coefficient (Wildman–Crippen LogP) is 2.54. The predicted molar refractivity (Wildman–Crippen MR) is 91.1 cm³/mol. The number of ether oxygens (including phenoxy) is 1. The van der Waals surface area contributed by atoms with Gasteiger partial charge in [-0.25, -0.2) is 9.78 Å². The van der Waals surface area contributed by atoms with Gasteiger partial charge in [0.15, 0.2) is 0 Å². The number of aromatic nitrogens is 1. The van der Waals surface area contributed by atoms with E-state index in [0.717, 1.165) is 29.3 Å². The summed E-state index contributed by atoms with van der Waals surface area (Å²) in [6.45, 7) is 3.85. The molecule has 0 aliphatic carbocycles. The minimum absolute atomic E-state index is 0.128. The van der Waals surface area contributed by atoms with Crippen LogP contribution in [0, 0.1) is 12.8 Å². The minimum atomic E-state index is -0.128. The van der Waals surface area contributed by atoms with E-state index in [1.807, 2.05) is 30.5 Å². The number of carbonyl (C=O) groups excluding carboxylic acids is 1. The molecule has 0 radical (unpaired) electrons. The van der Waals surface area contributed by atoms with Crippen molar-refractivity contribution in [3.63, 3.8) is 0 Å². The average Bonchev–Trinajstić information content (AvgIpc) is 2.98. The molecular formula is C17H21N3O2S. The van der Waals surface area contributed by atoms with Crippen LogP contribution in [0.3, 0.4) is 0 Å². The molecule has 1 aliphatic heterocycles. The van der Waals surface area contributed by atoms with Gasteiger partial charge in [-0.3, -0.25) is 0 Å². The molecule has 1 unspecified atom stereocenters. The fraction of sp³-hybridized carbons (Fsp3) is 0.412. The first-order valence-electron chi connectivity index (χ1n) is 7.84. The van der Waals surface area contributed by atoms with Crippen LogP contribution in [0.4, 0.5) is 4.79 Å². The highest BCUT2D eigenvalue weighted by atomic mass is 32.1. The molecule has 1 aromatic carbocycles. The molecule has 5 nitrogen and oxygen atoms in total. The van der Waals surface area contributed by atoms with Crippen molar-refractivity contribution in [2.45, 2.75) is 19.8 Å². The van der Waals surface area contributed by atoms with Crippen LogP contribution in [0.2, 0.25) is 0 Å². The summed E-state index contributed by atoms with van der Waals surface area (Å²) in [6, 6.07) is 7.95. The van der Waals surface area contributed by atoms with Gasteiger partial charge in [0, 0.05) is 36.5 Å². The topological polar surface area (TPSA) is 63.2 Å². The number of nitrogens with one attached hydrogen (secondary N) is 2. The van der Waals surface area contributed by atoms with Gasteiger partial charge in [-0.15, -0.1) is 11.3 Å². The van der Waals surface area contributed by atoms with Crippen molar-refractivity contribution in [2.75, 3.05) is 19.7 Å². The van der Waals surface area contributed by atoms with Gasteiger partial charge >= 0.3 is 6.03 Å². The molecule has 23 heavy (non-hydrogen) atoms. The van der Waals surface area contributed by atoms with Gasteiger partial charge in [0.1, 0.15) is 5.75 Å². The summed E-state index contributed by atoms with van der Waals surface area (Å²) < 4.78 is 5.73. The van der Waals surface area contributed by atoms with Crippen LogP contribution in [0.1, 0.15) is 16.3 Å². The summed E-state index contributed by atoms with van der Waals surface area (Å²) in [5, 5.41) is 8.88. The normalized spacial score (nSPS) is 16.3. The van der Waals surface area contributed by atoms with Crippen molar-refractivity contribution >= 4 is 17.4 Å². The van der Waals surface area contributed by atoms with Gasteiger partial charge < -0.3 is 15.4 Å². The second kappa shape index (κ2) is 7.46. The fourth-order valence-electron chi connectivity index (χ4n) is 2.62. The zero-order valence-corrected chi connectivity index (χ0v) is 14.0. The molecule has 0 fully saturated rings. The summed E-state index contributed by atoms with van der Waals surface area (Å²) in [6.07, 6.45) is 1.71. The van der Waals surface area contributed by atoms with Crippen molar-refractivity contribution < 1.29 is 9.53 Å².